The molecular weight excluding hydrogens is 556 g/mol. The van der Waals surface area contributed by atoms with Gasteiger partial charge in [-0.3, -0.25) is 9.59 Å². The van der Waals surface area contributed by atoms with Gasteiger partial charge in [0.05, 0.1) is 38.3 Å². The van der Waals surface area contributed by atoms with E-state index < -0.39 is 27.9 Å². The fourth-order valence-corrected chi connectivity index (χ4v) is 9.71. The van der Waals surface area contributed by atoms with Crippen molar-refractivity contribution in [2.24, 2.45) is 0 Å². The highest BCUT2D eigenvalue weighted by molar-refractivity contribution is 8.78. The molecule has 7 bridgehead atoms. The molecule has 0 radical (unpaired) electrons. The van der Waals surface area contributed by atoms with Gasteiger partial charge in [-0.25, -0.2) is 4.79 Å². The Bertz CT molecular complexity index is 1540. The zero-order chi connectivity index (χ0) is 27.8. The third-order valence-electron chi connectivity index (χ3n) is 7.95. The van der Waals surface area contributed by atoms with Crippen molar-refractivity contribution in [2.45, 2.75) is 34.7 Å². The Morgan fingerprint density at radius 2 is 1.65 bits per heavy atom. The Hall–Kier alpha value is -3.77. The molecule has 6 heterocycles. The molecule has 206 valence electrons. The lowest BCUT2D eigenvalue weighted by Gasteiger charge is -2.58. The molecule has 2 amide bonds. The van der Waals surface area contributed by atoms with Gasteiger partial charge in [0, 0.05) is 19.9 Å². The lowest BCUT2D eigenvalue weighted by atomic mass is 9.97. The maximum atomic E-state index is 14.5. The molecule has 4 fully saturated rings. The first kappa shape index (κ1) is 25.2. The maximum Gasteiger partial charge on any atom is 0.338 e. The summed E-state index contributed by atoms with van der Waals surface area (Å²) >= 11 is 0. The number of hydrogen-bond acceptors (Lipinski definition) is 10. The maximum absolute atomic E-state index is 14.5. The van der Waals surface area contributed by atoms with Crippen molar-refractivity contribution in [1.82, 2.24) is 9.80 Å². The minimum absolute atomic E-state index is 0.176. The predicted octanol–water partition coefficient (Wildman–Crippen LogP) is 3.87. The van der Waals surface area contributed by atoms with Crippen molar-refractivity contribution in [2.75, 3.05) is 21.3 Å². The molecule has 4 unspecified atom stereocenters. The van der Waals surface area contributed by atoms with Crippen LogP contribution in [-0.2, 0) is 25.5 Å². The van der Waals surface area contributed by atoms with Crippen LogP contribution in [0.5, 0.6) is 23.0 Å². The van der Waals surface area contributed by atoms with Crippen LogP contribution in [0.1, 0.15) is 22.3 Å². The summed E-state index contributed by atoms with van der Waals surface area (Å²) < 4.78 is 28.9. The topological polar surface area (TPSA) is 104 Å². The van der Waals surface area contributed by atoms with E-state index in [2.05, 4.69) is 0 Å². The van der Waals surface area contributed by atoms with Gasteiger partial charge in [0.15, 0.2) is 32.7 Å². The number of carbonyl (C=O) groups is 3. The predicted molar refractivity (Wildman–Crippen MR) is 146 cm³/mol. The lowest BCUT2D eigenvalue weighted by molar-refractivity contribution is -0.166. The number of esters is 1. The number of fused-ring (bicyclic) bond motifs is 6. The smallest absolute Gasteiger partial charge is 0.338 e. The molecule has 4 atom stereocenters. The van der Waals surface area contributed by atoms with Crippen LogP contribution < -0.4 is 14.2 Å². The summed E-state index contributed by atoms with van der Waals surface area (Å²) in [5, 5.41) is 0. The second-order valence-corrected chi connectivity index (χ2v) is 12.7. The average molecular weight is 581 g/mol. The number of ether oxygens (including phenoxy) is 5. The van der Waals surface area contributed by atoms with Crippen LogP contribution in [0, 0.1) is 0 Å². The van der Waals surface area contributed by atoms with E-state index in [1.165, 1.54) is 42.1 Å². The van der Waals surface area contributed by atoms with Gasteiger partial charge < -0.3 is 33.5 Å². The van der Waals surface area contributed by atoms with Gasteiger partial charge in [-0.15, -0.1) is 0 Å². The van der Waals surface area contributed by atoms with Crippen molar-refractivity contribution < 1.29 is 38.1 Å². The van der Waals surface area contributed by atoms with Crippen LogP contribution in [0.15, 0.2) is 60.6 Å². The van der Waals surface area contributed by atoms with E-state index in [0.29, 0.717) is 22.8 Å². The number of rotatable bonds is 2. The summed E-state index contributed by atoms with van der Waals surface area (Å²) in [4.78, 5) is 42.8. The number of carbonyl (C=O) groups excluding carboxylic acids is 3. The molecule has 0 N–H and O–H groups in total. The van der Waals surface area contributed by atoms with Crippen molar-refractivity contribution in [3.05, 3.63) is 71.7 Å². The molecule has 2 aromatic carbocycles. The number of piperazine rings is 1. The average Bonchev–Trinajstić information content (AvgIpc) is 3.18. The van der Waals surface area contributed by atoms with Gasteiger partial charge >= 0.3 is 5.97 Å². The third kappa shape index (κ3) is 3.35. The van der Waals surface area contributed by atoms with Crippen LogP contribution in [-0.4, -0.2) is 70.7 Å². The Morgan fingerprint density at radius 3 is 2.42 bits per heavy atom. The largest absolute Gasteiger partial charge is 0.493 e. The van der Waals surface area contributed by atoms with E-state index in [1.54, 1.807) is 59.5 Å². The van der Waals surface area contributed by atoms with E-state index in [0.717, 1.165) is 5.56 Å². The molecule has 0 aromatic heterocycles. The zero-order valence-corrected chi connectivity index (χ0v) is 23.4. The van der Waals surface area contributed by atoms with E-state index in [4.69, 9.17) is 23.7 Å². The van der Waals surface area contributed by atoms with Gasteiger partial charge in [0.1, 0.15) is 6.10 Å². The van der Waals surface area contributed by atoms with Crippen molar-refractivity contribution in [3.8, 4) is 23.0 Å². The summed E-state index contributed by atoms with van der Waals surface area (Å²) in [6.07, 6.45) is 4.19. The third-order valence-corrected chi connectivity index (χ3v) is 11.6. The molecule has 6 aliphatic heterocycles. The Labute approximate surface area is 237 Å². The Balaban J connectivity index is 1.45. The molecule has 6 aliphatic rings. The molecule has 2 aromatic rings. The van der Waals surface area contributed by atoms with Crippen LogP contribution >= 0.6 is 21.6 Å². The Morgan fingerprint density at radius 1 is 0.925 bits per heavy atom. The van der Waals surface area contributed by atoms with Gasteiger partial charge in [-0.1, -0.05) is 27.7 Å². The van der Waals surface area contributed by atoms with Crippen LogP contribution in [0.3, 0.4) is 0 Å². The highest BCUT2D eigenvalue weighted by atomic mass is 33.1. The first-order chi connectivity index (χ1) is 19.3. The highest BCUT2D eigenvalue weighted by Gasteiger charge is 2.73. The number of nitrogens with zero attached hydrogens (tertiary/aromatic N) is 2. The highest BCUT2D eigenvalue weighted by Crippen LogP contribution is 2.65. The molecule has 12 heteroatoms. The second kappa shape index (κ2) is 8.87. The van der Waals surface area contributed by atoms with E-state index >= 15 is 0 Å². The summed E-state index contributed by atoms with van der Waals surface area (Å²) in [6.45, 7) is 0. The number of benzene rings is 2. The van der Waals surface area contributed by atoms with E-state index in [1.807, 2.05) is 6.07 Å². The minimum Gasteiger partial charge on any atom is -0.493 e. The molecular formula is C28H24N2O8S2. The molecule has 10 nitrogen and oxygen atoms in total. The fraction of sp³-hybridized carbons (Fsp3) is 0.321. The fourth-order valence-electron chi connectivity index (χ4n) is 5.95. The quantitative estimate of drug-likeness (QED) is 0.384. The van der Waals surface area contributed by atoms with Crippen molar-refractivity contribution >= 4 is 39.4 Å². The molecule has 8 rings (SSSR count). The minimum atomic E-state index is -1.23. The number of methoxy groups -OCH3 is 2. The molecule has 0 saturated carbocycles. The van der Waals surface area contributed by atoms with Crippen molar-refractivity contribution in [3.63, 3.8) is 0 Å². The second-order valence-electron chi connectivity index (χ2n) is 10.1. The zero-order valence-electron chi connectivity index (χ0n) is 21.7. The number of likely N-dealkylation sites (N-methyl/N-ethyl adjacent to an activating group) is 1. The molecule has 0 aliphatic carbocycles. The summed E-state index contributed by atoms with van der Waals surface area (Å²) in [5.74, 6) is 0.485. The first-order valence-corrected chi connectivity index (χ1v) is 14.7. The first-order valence-electron chi connectivity index (χ1n) is 12.5. The summed E-state index contributed by atoms with van der Waals surface area (Å²) in [6, 6.07) is 9.44. The van der Waals surface area contributed by atoms with Gasteiger partial charge in [-0.05, 0) is 47.5 Å². The normalized spacial score (nSPS) is 29.9. The van der Waals surface area contributed by atoms with Crippen LogP contribution in [0.4, 0.5) is 0 Å². The SMILES string of the molecule is COc1ccc2cc1Oc1cc(ccc1OC)C(=O)OC1C=COC=C3CC45SSC(C2)(C(=O)N4C31)N(C)C5=O. The number of hydrogen-bond donors (Lipinski definition) is 0. The monoisotopic (exact) mass is 580 g/mol. The van der Waals surface area contributed by atoms with Crippen LogP contribution in [0.2, 0.25) is 0 Å². The number of amides is 2. The van der Waals surface area contributed by atoms with Crippen molar-refractivity contribution in [1.29, 1.82) is 0 Å². The van der Waals surface area contributed by atoms with Crippen LogP contribution in [0.25, 0.3) is 0 Å². The summed E-state index contributed by atoms with van der Waals surface area (Å²) in [7, 11) is 7.47. The van der Waals surface area contributed by atoms with Gasteiger partial charge in [0.2, 0.25) is 0 Å². The summed E-state index contributed by atoms with van der Waals surface area (Å²) in [5.41, 5.74) is 1.69. The standard InChI is InChI=1S/C28H24N2O8S2/c1-29-25(32)28-13-17-14-36-9-8-20-23(17)30(28)26(33)27(29,39-40-28)12-15-4-6-18(34-2)21(10-15)37-22-11-16(24(31)38-20)5-7-19(22)35-3/h4-11,14,20,23H,12-13H2,1-3H3. The lowest BCUT2D eigenvalue weighted by Crippen LogP contribution is -2.77. The molecule has 4 saturated heterocycles. The van der Waals surface area contributed by atoms with Gasteiger partial charge in [-0.2, -0.15) is 0 Å². The molecule has 40 heavy (non-hydrogen) atoms. The Kier molecular flexibility index (Phi) is 5.59. The van der Waals surface area contributed by atoms with Gasteiger partial charge in [0.25, 0.3) is 11.8 Å². The molecule has 2 spiro atoms. The van der Waals surface area contributed by atoms with E-state index in [-0.39, 0.29) is 36.0 Å². The van der Waals surface area contributed by atoms with E-state index in [9.17, 15) is 14.4 Å².